The topological polar surface area (TPSA) is 96.6 Å². The van der Waals surface area contributed by atoms with E-state index in [1.54, 1.807) is 12.1 Å². The van der Waals surface area contributed by atoms with Gasteiger partial charge in [0.25, 0.3) is 0 Å². The summed E-state index contributed by atoms with van der Waals surface area (Å²) in [5.74, 6) is -2.03. The molecule has 0 saturated carbocycles. The van der Waals surface area contributed by atoms with Crippen molar-refractivity contribution in [2.75, 3.05) is 5.75 Å². The van der Waals surface area contributed by atoms with Crippen molar-refractivity contribution in [3.63, 3.8) is 0 Å². The van der Waals surface area contributed by atoms with E-state index in [2.05, 4.69) is 4.72 Å². The van der Waals surface area contributed by atoms with Crippen molar-refractivity contribution in [2.24, 2.45) is 5.92 Å². The van der Waals surface area contributed by atoms with Gasteiger partial charge in [0.05, 0.1) is 24.5 Å². The zero-order chi connectivity index (χ0) is 12.2. The van der Waals surface area contributed by atoms with Crippen LogP contribution < -0.4 is 4.72 Å². The Hall–Kier alpha value is -1.34. The van der Waals surface area contributed by atoms with E-state index in [9.17, 15) is 13.2 Å². The molecule has 0 aliphatic rings. The molecule has 0 aliphatic carbocycles. The van der Waals surface area contributed by atoms with Gasteiger partial charge in [0, 0.05) is 0 Å². The van der Waals surface area contributed by atoms with E-state index < -0.39 is 27.7 Å². The Morgan fingerprint density at radius 1 is 1.62 bits per heavy atom. The van der Waals surface area contributed by atoms with Crippen LogP contribution in [-0.2, 0) is 21.4 Å². The Balaban J connectivity index is 2.49. The second kappa shape index (κ2) is 5.13. The molecule has 1 rings (SSSR count). The molecule has 1 atom stereocenters. The molecule has 2 N–H and O–H groups in total. The lowest BCUT2D eigenvalue weighted by atomic mass is 10.2. The van der Waals surface area contributed by atoms with Gasteiger partial charge in [-0.05, 0) is 12.1 Å². The monoisotopic (exact) mass is 247 g/mol. The molecular weight excluding hydrogens is 234 g/mol. The molecule has 0 aliphatic heterocycles. The first-order valence-corrected chi connectivity index (χ1v) is 6.28. The number of aliphatic carboxylic acids is 1. The summed E-state index contributed by atoms with van der Waals surface area (Å²) >= 11 is 0. The molecule has 0 fully saturated rings. The molecule has 0 bridgehead atoms. The Kier molecular flexibility index (Phi) is 4.08. The largest absolute Gasteiger partial charge is 0.481 e. The Morgan fingerprint density at radius 3 is 2.81 bits per heavy atom. The normalized spacial score (nSPS) is 13.6. The van der Waals surface area contributed by atoms with Crippen LogP contribution in [0.1, 0.15) is 12.7 Å². The fourth-order valence-electron chi connectivity index (χ4n) is 1.05. The van der Waals surface area contributed by atoms with Gasteiger partial charge >= 0.3 is 5.97 Å². The summed E-state index contributed by atoms with van der Waals surface area (Å²) in [6.45, 7) is 1.37. The van der Waals surface area contributed by atoms with Gasteiger partial charge in [-0.15, -0.1) is 0 Å². The SMILES string of the molecule is CC(CS(=O)(=O)NCc1ccco1)C(=O)O. The molecular formula is C9H13NO5S. The molecule has 1 aromatic heterocycles. The van der Waals surface area contributed by atoms with E-state index in [-0.39, 0.29) is 6.54 Å². The minimum Gasteiger partial charge on any atom is -0.481 e. The van der Waals surface area contributed by atoms with Gasteiger partial charge in [0.15, 0.2) is 0 Å². The van der Waals surface area contributed by atoms with E-state index in [1.165, 1.54) is 13.2 Å². The average Bonchev–Trinajstić information content (AvgIpc) is 2.66. The lowest BCUT2D eigenvalue weighted by Crippen LogP contribution is -2.31. The fraction of sp³-hybridized carbons (Fsp3) is 0.444. The lowest BCUT2D eigenvalue weighted by Gasteiger charge is -2.07. The predicted octanol–water partition coefficient (Wildman–Crippen LogP) is 0.420. The third-order valence-electron chi connectivity index (χ3n) is 1.94. The van der Waals surface area contributed by atoms with Crippen molar-refractivity contribution in [3.05, 3.63) is 24.2 Å². The maximum Gasteiger partial charge on any atom is 0.307 e. The first kappa shape index (κ1) is 12.7. The van der Waals surface area contributed by atoms with Gasteiger partial charge in [-0.25, -0.2) is 13.1 Å². The smallest absolute Gasteiger partial charge is 0.307 e. The van der Waals surface area contributed by atoms with Crippen LogP contribution in [0.3, 0.4) is 0 Å². The average molecular weight is 247 g/mol. The Labute approximate surface area is 93.3 Å². The number of hydrogen-bond donors (Lipinski definition) is 2. The standard InChI is InChI=1S/C9H13NO5S/c1-7(9(11)12)6-16(13,14)10-5-8-3-2-4-15-8/h2-4,7,10H,5-6H2,1H3,(H,11,12). The number of nitrogens with one attached hydrogen (secondary N) is 1. The van der Waals surface area contributed by atoms with Crippen molar-refractivity contribution in [1.82, 2.24) is 4.72 Å². The second-order valence-electron chi connectivity index (χ2n) is 3.42. The summed E-state index contributed by atoms with van der Waals surface area (Å²) in [6, 6.07) is 3.27. The highest BCUT2D eigenvalue weighted by Gasteiger charge is 2.20. The highest BCUT2D eigenvalue weighted by Crippen LogP contribution is 2.03. The number of carbonyl (C=O) groups is 1. The van der Waals surface area contributed by atoms with Crippen molar-refractivity contribution in [3.8, 4) is 0 Å². The number of furan rings is 1. The van der Waals surface area contributed by atoms with Crippen LogP contribution in [0.5, 0.6) is 0 Å². The quantitative estimate of drug-likeness (QED) is 0.759. The summed E-state index contributed by atoms with van der Waals surface area (Å²) in [5, 5.41) is 8.59. The maximum atomic E-state index is 11.4. The summed E-state index contributed by atoms with van der Waals surface area (Å²) in [5.41, 5.74) is 0. The fourth-order valence-corrected chi connectivity index (χ4v) is 2.33. The van der Waals surface area contributed by atoms with Gasteiger partial charge in [-0.3, -0.25) is 4.79 Å². The van der Waals surface area contributed by atoms with E-state index in [1.807, 2.05) is 0 Å². The zero-order valence-electron chi connectivity index (χ0n) is 8.71. The van der Waals surface area contributed by atoms with Crippen molar-refractivity contribution < 1.29 is 22.7 Å². The third-order valence-corrected chi connectivity index (χ3v) is 3.46. The van der Waals surface area contributed by atoms with Gasteiger partial charge in [-0.1, -0.05) is 6.92 Å². The van der Waals surface area contributed by atoms with Gasteiger partial charge in [-0.2, -0.15) is 0 Å². The van der Waals surface area contributed by atoms with E-state index in [0.717, 1.165) is 0 Å². The van der Waals surface area contributed by atoms with Crippen LogP contribution >= 0.6 is 0 Å². The summed E-state index contributed by atoms with van der Waals surface area (Å²) in [7, 11) is -3.59. The van der Waals surface area contributed by atoms with Crippen LogP contribution in [0.15, 0.2) is 22.8 Å². The lowest BCUT2D eigenvalue weighted by molar-refractivity contribution is -0.140. The van der Waals surface area contributed by atoms with Gasteiger partial charge < -0.3 is 9.52 Å². The molecule has 1 aromatic rings. The highest BCUT2D eigenvalue weighted by atomic mass is 32.2. The second-order valence-corrected chi connectivity index (χ2v) is 5.27. The third kappa shape index (κ3) is 4.03. The molecule has 0 radical (unpaired) electrons. The van der Waals surface area contributed by atoms with E-state index >= 15 is 0 Å². The number of hydrogen-bond acceptors (Lipinski definition) is 4. The van der Waals surface area contributed by atoms with Crippen LogP contribution in [0, 0.1) is 5.92 Å². The van der Waals surface area contributed by atoms with Crippen LogP contribution in [0.4, 0.5) is 0 Å². The molecule has 6 nitrogen and oxygen atoms in total. The number of rotatable bonds is 6. The molecule has 0 spiro atoms. The molecule has 0 aromatic carbocycles. The molecule has 1 unspecified atom stereocenters. The highest BCUT2D eigenvalue weighted by molar-refractivity contribution is 7.89. The minimum absolute atomic E-state index is 0.0294. The number of carboxylic acid groups (broad SMARTS) is 1. The molecule has 0 saturated heterocycles. The first-order valence-electron chi connectivity index (χ1n) is 4.63. The van der Waals surface area contributed by atoms with Crippen molar-refractivity contribution in [2.45, 2.75) is 13.5 Å². The number of sulfonamides is 1. The Morgan fingerprint density at radius 2 is 2.31 bits per heavy atom. The van der Waals surface area contributed by atoms with Crippen LogP contribution in [0.2, 0.25) is 0 Å². The minimum atomic E-state index is -3.59. The van der Waals surface area contributed by atoms with Gasteiger partial charge in [0.1, 0.15) is 5.76 Å². The molecule has 90 valence electrons. The summed E-state index contributed by atoms with van der Waals surface area (Å²) in [4.78, 5) is 10.5. The van der Waals surface area contributed by atoms with Crippen LogP contribution in [0.25, 0.3) is 0 Å². The molecule has 1 heterocycles. The Bertz CT molecular complexity index is 436. The van der Waals surface area contributed by atoms with Crippen molar-refractivity contribution in [1.29, 1.82) is 0 Å². The van der Waals surface area contributed by atoms with Crippen LogP contribution in [-0.4, -0.2) is 25.2 Å². The molecule has 0 amide bonds. The van der Waals surface area contributed by atoms with E-state index in [0.29, 0.717) is 5.76 Å². The number of carboxylic acids is 1. The van der Waals surface area contributed by atoms with Gasteiger partial charge in [0.2, 0.25) is 10.0 Å². The summed E-state index contributed by atoms with van der Waals surface area (Å²) in [6.07, 6.45) is 1.43. The summed E-state index contributed by atoms with van der Waals surface area (Å²) < 4.78 is 30.0. The van der Waals surface area contributed by atoms with Crippen molar-refractivity contribution >= 4 is 16.0 Å². The molecule has 16 heavy (non-hydrogen) atoms. The molecule has 7 heteroatoms. The zero-order valence-corrected chi connectivity index (χ0v) is 9.53. The first-order chi connectivity index (χ1) is 7.41. The predicted molar refractivity (Wildman–Crippen MR) is 56.1 cm³/mol. The maximum absolute atomic E-state index is 11.4. The van der Waals surface area contributed by atoms with E-state index in [4.69, 9.17) is 9.52 Å².